The van der Waals surface area contributed by atoms with Crippen LogP contribution in [0, 0.1) is 0 Å². The van der Waals surface area contributed by atoms with Gasteiger partial charge in [-0.05, 0) is 31.0 Å². The topological polar surface area (TPSA) is 85.6 Å². The highest BCUT2D eigenvalue weighted by molar-refractivity contribution is 5.79. The van der Waals surface area contributed by atoms with Crippen LogP contribution >= 0.6 is 0 Å². The molecule has 8 heteroatoms. The van der Waals surface area contributed by atoms with Crippen molar-refractivity contribution in [2.45, 2.75) is 39.8 Å². The number of nitrogens with zero attached hydrogens (tertiary/aromatic N) is 4. The fraction of sp³-hybridized carbons (Fsp3) is 0.550. The van der Waals surface area contributed by atoms with Gasteiger partial charge in [0.05, 0.1) is 13.7 Å². The molecule has 1 heterocycles. The Morgan fingerprint density at radius 3 is 2.71 bits per heavy atom. The summed E-state index contributed by atoms with van der Waals surface area (Å²) < 4.78 is 12.9. The summed E-state index contributed by atoms with van der Waals surface area (Å²) in [5, 5.41) is 14.7. The van der Waals surface area contributed by atoms with E-state index in [-0.39, 0.29) is 0 Å². The highest BCUT2D eigenvalue weighted by Gasteiger charge is 2.02. The van der Waals surface area contributed by atoms with Crippen molar-refractivity contribution in [3.05, 3.63) is 42.0 Å². The van der Waals surface area contributed by atoms with Crippen molar-refractivity contribution < 1.29 is 9.47 Å². The lowest BCUT2D eigenvalue weighted by molar-refractivity contribution is 0.120. The summed E-state index contributed by atoms with van der Waals surface area (Å²) in [6, 6.07) is 7.93. The first kappa shape index (κ1) is 21.7. The van der Waals surface area contributed by atoms with Crippen LogP contribution in [0.5, 0.6) is 5.75 Å². The molecule has 2 aromatic rings. The summed E-state index contributed by atoms with van der Waals surface area (Å²) >= 11 is 0. The molecule has 8 nitrogen and oxygen atoms in total. The molecule has 2 rings (SSSR count). The Morgan fingerprint density at radius 1 is 1.18 bits per heavy atom. The molecule has 0 unspecified atom stereocenters. The van der Waals surface area contributed by atoms with E-state index >= 15 is 0 Å². The molecule has 0 amide bonds. The Kier molecular flexibility index (Phi) is 9.85. The molecule has 154 valence electrons. The van der Waals surface area contributed by atoms with Gasteiger partial charge in [-0.1, -0.05) is 19.1 Å². The standard InChI is InChI=1S/C20H32N6O2/c1-4-19-25-24-16-26(19)13-12-23-20(21-5-2)22-11-6-14-28-15-17-7-9-18(27-3)10-8-17/h7-10,16H,4-6,11-15H2,1-3H3,(H2,21,22,23). The van der Waals surface area contributed by atoms with Crippen LogP contribution in [0.15, 0.2) is 35.6 Å². The van der Waals surface area contributed by atoms with Crippen LogP contribution in [0.2, 0.25) is 0 Å². The minimum Gasteiger partial charge on any atom is -0.497 e. The van der Waals surface area contributed by atoms with E-state index in [4.69, 9.17) is 9.47 Å². The molecule has 0 saturated heterocycles. The zero-order valence-corrected chi connectivity index (χ0v) is 17.1. The van der Waals surface area contributed by atoms with Crippen LogP contribution in [0.1, 0.15) is 31.7 Å². The molecule has 0 aliphatic rings. The number of benzene rings is 1. The highest BCUT2D eigenvalue weighted by atomic mass is 16.5. The Balaban J connectivity index is 1.64. The van der Waals surface area contributed by atoms with Crippen molar-refractivity contribution in [1.82, 2.24) is 25.4 Å². The third kappa shape index (κ3) is 7.56. The second-order valence-electron chi connectivity index (χ2n) is 6.24. The number of aliphatic imine (C=N–C) groups is 1. The van der Waals surface area contributed by atoms with Crippen molar-refractivity contribution in [1.29, 1.82) is 0 Å². The second kappa shape index (κ2) is 12.7. The molecule has 1 aromatic heterocycles. The zero-order chi connectivity index (χ0) is 20.0. The third-order valence-electron chi connectivity index (χ3n) is 4.15. The van der Waals surface area contributed by atoms with Gasteiger partial charge in [0, 0.05) is 39.2 Å². The summed E-state index contributed by atoms with van der Waals surface area (Å²) in [6.45, 7) is 8.54. The molecule has 0 fully saturated rings. The lowest BCUT2D eigenvalue weighted by atomic mass is 10.2. The highest BCUT2D eigenvalue weighted by Crippen LogP contribution is 2.11. The van der Waals surface area contributed by atoms with Crippen molar-refractivity contribution >= 4 is 5.96 Å². The van der Waals surface area contributed by atoms with Gasteiger partial charge < -0.3 is 24.7 Å². The zero-order valence-electron chi connectivity index (χ0n) is 17.1. The van der Waals surface area contributed by atoms with Gasteiger partial charge in [-0.15, -0.1) is 10.2 Å². The monoisotopic (exact) mass is 388 g/mol. The number of hydrogen-bond acceptors (Lipinski definition) is 5. The summed E-state index contributed by atoms with van der Waals surface area (Å²) in [5.74, 6) is 2.68. The summed E-state index contributed by atoms with van der Waals surface area (Å²) in [6.07, 6.45) is 3.52. The number of hydrogen-bond donors (Lipinski definition) is 2. The summed E-state index contributed by atoms with van der Waals surface area (Å²) in [5.41, 5.74) is 1.14. The van der Waals surface area contributed by atoms with E-state index in [1.54, 1.807) is 13.4 Å². The average molecular weight is 389 g/mol. The predicted octanol–water partition coefficient (Wildman–Crippen LogP) is 2.01. The van der Waals surface area contributed by atoms with Crippen LogP contribution < -0.4 is 15.4 Å². The third-order valence-corrected chi connectivity index (χ3v) is 4.15. The van der Waals surface area contributed by atoms with Gasteiger partial charge in [0.2, 0.25) is 0 Å². The molecular formula is C20H32N6O2. The van der Waals surface area contributed by atoms with Crippen molar-refractivity contribution in [2.24, 2.45) is 4.99 Å². The second-order valence-corrected chi connectivity index (χ2v) is 6.24. The first-order valence-electron chi connectivity index (χ1n) is 9.86. The van der Waals surface area contributed by atoms with Crippen LogP contribution in [0.25, 0.3) is 0 Å². The number of nitrogens with one attached hydrogen (secondary N) is 2. The van der Waals surface area contributed by atoms with E-state index in [1.807, 2.05) is 24.3 Å². The Bertz CT molecular complexity index is 699. The van der Waals surface area contributed by atoms with Gasteiger partial charge in [-0.2, -0.15) is 0 Å². The van der Waals surface area contributed by atoms with Gasteiger partial charge in [-0.25, -0.2) is 0 Å². The molecule has 0 aliphatic carbocycles. The van der Waals surface area contributed by atoms with E-state index in [0.29, 0.717) is 19.8 Å². The van der Waals surface area contributed by atoms with E-state index in [0.717, 1.165) is 55.6 Å². The Morgan fingerprint density at radius 2 is 2.00 bits per heavy atom. The first-order valence-corrected chi connectivity index (χ1v) is 9.86. The molecule has 0 aliphatic heterocycles. The largest absolute Gasteiger partial charge is 0.497 e. The first-order chi connectivity index (χ1) is 13.8. The molecule has 1 aromatic carbocycles. The fourth-order valence-corrected chi connectivity index (χ4v) is 2.65. The number of methoxy groups -OCH3 is 1. The van der Waals surface area contributed by atoms with Crippen LogP contribution in [0.3, 0.4) is 0 Å². The van der Waals surface area contributed by atoms with Gasteiger partial charge in [0.25, 0.3) is 0 Å². The van der Waals surface area contributed by atoms with Crippen LogP contribution in [-0.2, 0) is 24.3 Å². The number of ether oxygens (including phenoxy) is 2. The molecule has 0 spiro atoms. The van der Waals surface area contributed by atoms with E-state index < -0.39 is 0 Å². The quantitative estimate of drug-likeness (QED) is 0.329. The summed E-state index contributed by atoms with van der Waals surface area (Å²) in [7, 11) is 1.67. The predicted molar refractivity (Wildman–Crippen MR) is 111 cm³/mol. The molecular weight excluding hydrogens is 356 g/mol. The molecule has 0 atom stereocenters. The molecule has 28 heavy (non-hydrogen) atoms. The number of rotatable bonds is 12. The molecule has 0 bridgehead atoms. The average Bonchev–Trinajstić information content (AvgIpc) is 3.18. The Hall–Kier alpha value is -2.61. The van der Waals surface area contributed by atoms with Gasteiger partial charge in [0.15, 0.2) is 5.96 Å². The minimum absolute atomic E-state index is 0.602. The van der Waals surface area contributed by atoms with Crippen molar-refractivity contribution in [3.8, 4) is 5.75 Å². The minimum atomic E-state index is 0.602. The summed E-state index contributed by atoms with van der Waals surface area (Å²) in [4.78, 5) is 4.60. The van der Waals surface area contributed by atoms with Gasteiger partial charge in [-0.3, -0.25) is 4.99 Å². The van der Waals surface area contributed by atoms with E-state index in [2.05, 4.69) is 44.2 Å². The number of aromatic nitrogens is 3. The van der Waals surface area contributed by atoms with E-state index in [1.165, 1.54) is 0 Å². The number of guanidine groups is 1. The SMILES string of the molecule is CCNC(=NCCCOCc1ccc(OC)cc1)NCCn1cnnc1CC. The molecule has 0 saturated carbocycles. The van der Waals surface area contributed by atoms with Crippen molar-refractivity contribution in [2.75, 3.05) is 33.4 Å². The maximum absolute atomic E-state index is 5.72. The molecule has 2 N–H and O–H groups in total. The van der Waals surface area contributed by atoms with Crippen molar-refractivity contribution in [3.63, 3.8) is 0 Å². The number of aryl methyl sites for hydroxylation is 1. The van der Waals surface area contributed by atoms with Gasteiger partial charge >= 0.3 is 0 Å². The lowest BCUT2D eigenvalue weighted by Gasteiger charge is -2.12. The Labute approximate surface area is 167 Å². The fourth-order valence-electron chi connectivity index (χ4n) is 2.65. The molecule has 0 radical (unpaired) electrons. The smallest absolute Gasteiger partial charge is 0.191 e. The lowest BCUT2D eigenvalue weighted by Crippen LogP contribution is -2.39. The maximum atomic E-state index is 5.72. The van der Waals surface area contributed by atoms with Gasteiger partial charge in [0.1, 0.15) is 17.9 Å². The van der Waals surface area contributed by atoms with E-state index in [9.17, 15) is 0 Å². The normalized spacial score (nSPS) is 11.5. The van der Waals surface area contributed by atoms with Crippen LogP contribution in [0.4, 0.5) is 0 Å². The maximum Gasteiger partial charge on any atom is 0.191 e. The van der Waals surface area contributed by atoms with Crippen LogP contribution in [-0.4, -0.2) is 54.1 Å².